The van der Waals surface area contributed by atoms with E-state index in [1.54, 1.807) is 30.5 Å². The van der Waals surface area contributed by atoms with Crippen LogP contribution >= 0.6 is 0 Å². The third kappa shape index (κ3) is 3.23. The summed E-state index contributed by atoms with van der Waals surface area (Å²) < 4.78 is 25.2. The van der Waals surface area contributed by atoms with Gasteiger partial charge in [-0.2, -0.15) is 13.5 Å². The van der Waals surface area contributed by atoms with Crippen molar-refractivity contribution in [2.75, 3.05) is 0 Å². The van der Waals surface area contributed by atoms with Crippen LogP contribution in [0.25, 0.3) is 0 Å². The Balaban J connectivity index is 1.66. The van der Waals surface area contributed by atoms with Crippen LogP contribution < -0.4 is 4.83 Å². The fraction of sp³-hybridized carbons (Fsp3) is 0.240. The largest absolute Gasteiger partial charge is 0.276 e. The monoisotopic (exact) mass is 418 g/mol. The first-order valence-corrected chi connectivity index (χ1v) is 11.5. The maximum atomic E-state index is 12.6. The highest BCUT2D eigenvalue weighted by molar-refractivity contribution is 7.89. The van der Waals surface area contributed by atoms with Crippen molar-refractivity contribution in [1.29, 1.82) is 0 Å². The molecule has 1 N–H and O–H groups in total. The van der Waals surface area contributed by atoms with Gasteiger partial charge in [0.15, 0.2) is 0 Å². The number of benzene rings is 3. The van der Waals surface area contributed by atoms with Gasteiger partial charge in [0, 0.05) is 17.5 Å². The average molecular weight is 419 g/mol. The summed E-state index contributed by atoms with van der Waals surface area (Å²) in [4.78, 5) is 2.59. The summed E-state index contributed by atoms with van der Waals surface area (Å²) in [6.07, 6.45) is 1.76. The lowest BCUT2D eigenvalue weighted by atomic mass is 9.81. The van der Waals surface area contributed by atoms with Crippen LogP contribution in [0.1, 0.15) is 30.5 Å². The number of hydrogen-bond donors (Lipinski definition) is 1. The van der Waals surface area contributed by atoms with E-state index >= 15 is 0 Å². The molecule has 1 unspecified atom stereocenters. The van der Waals surface area contributed by atoms with E-state index in [0.29, 0.717) is 0 Å². The standard InChI is InChI=1S/C25H26N2O2S/c1-19-14-16-22(17-15-19)30(28,29)27-26-18-23-24(2,3)25(23,20-10-6-4-7-11-20)21-12-8-5-9-13-21/h4-18,23,27H,1-3H3/b26-18+. The third-order valence-corrected chi connectivity index (χ3v) is 7.60. The van der Waals surface area contributed by atoms with Crippen LogP contribution in [-0.4, -0.2) is 14.6 Å². The molecule has 5 heteroatoms. The molecular weight excluding hydrogens is 392 g/mol. The number of sulfonamides is 1. The smallest absolute Gasteiger partial charge is 0.200 e. The second kappa shape index (κ2) is 7.40. The average Bonchev–Trinajstić information content (AvgIpc) is 3.25. The van der Waals surface area contributed by atoms with Gasteiger partial charge in [0.1, 0.15) is 0 Å². The van der Waals surface area contributed by atoms with Crippen molar-refractivity contribution in [1.82, 2.24) is 4.83 Å². The van der Waals surface area contributed by atoms with Gasteiger partial charge in [-0.1, -0.05) is 92.2 Å². The maximum absolute atomic E-state index is 12.6. The molecule has 0 aromatic heterocycles. The first-order valence-electron chi connectivity index (χ1n) is 10.0. The fourth-order valence-electron chi connectivity index (χ4n) is 4.72. The highest BCUT2D eigenvalue weighted by atomic mass is 32.2. The summed E-state index contributed by atoms with van der Waals surface area (Å²) in [5.74, 6) is 0.0514. The predicted molar refractivity (Wildman–Crippen MR) is 121 cm³/mol. The Morgan fingerprint density at radius 2 is 1.33 bits per heavy atom. The second-order valence-corrected chi connectivity index (χ2v) is 10.1. The van der Waals surface area contributed by atoms with Crippen LogP contribution in [0.4, 0.5) is 0 Å². The van der Waals surface area contributed by atoms with Crippen LogP contribution in [0, 0.1) is 18.3 Å². The van der Waals surface area contributed by atoms with Crippen molar-refractivity contribution in [2.45, 2.75) is 31.1 Å². The van der Waals surface area contributed by atoms with E-state index in [1.165, 1.54) is 11.1 Å². The molecule has 4 nitrogen and oxygen atoms in total. The van der Waals surface area contributed by atoms with Crippen molar-refractivity contribution in [3.63, 3.8) is 0 Å². The fourth-order valence-corrected chi connectivity index (χ4v) is 5.52. The first kappa shape index (κ1) is 20.4. The highest BCUT2D eigenvalue weighted by Gasteiger charge is 2.71. The van der Waals surface area contributed by atoms with Gasteiger partial charge in [-0.3, -0.25) is 0 Å². The zero-order valence-electron chi connectivity index (χ0n) is 17.4. The Morgan fingerprint density at radius 1 is 0.833 bits per heavy atom. The Hall–Kier alpha value is -2.92. The van der Waals surface area contributed by atoms with Gasteiger partial charge in [-0.05, 0) is 35.6 Å². The highest BCUT2D eigenvalue weighted by Crippen LogP contribution is 2.71. The minimum absolute atomic E-state index is 0.0514. The number of rotatable bonds is 6. The number of hydrazone groups is 1. The van der Waals surface area contributed by atoms with Gasteiger partial charge in [-0.25, -0.2) is 4.83 Å². The SMILES string of the molecule is Cc1ccc(S(=O)(=O)N/N=C/C2C(C)(C)C2(c2ccccc2)c2ccccc2)cc1. The third-order valence-electron chi connectivity index (χ3n) is 6.36. The molecule has 154 valence electrons. The lowest BCUT2D eigenvalue weighted by molar-refractivity contribution is 0.547. The predicted octanol–water partition coefficient (Wildman–Crippen LogP) is 4.90. The summed E-state index contributed by atoms with van der Waals surface area (Å²) in [5, 5.41) is 4.18. The molecular formula is C25H26N2O2S. The second-order valence-electron chi connectivity index (χ2n) is 8.43. The van der Waals surface area contributed by atoms with Crippen molar-refractivity contribution >= 4 is 16.2 Å². The normalized spacial score (nSPS) is 19.5. The molecule has 1 aliphatic carbocycles. The molecule has 0 amide bonds. The molecule has 0 saturated heterocycles. The van der Waals surface area contributed by atoms with E-state index in [9.17, 15) is 8.42 Å². The lowest BCUT2D eigenvalue weighted by Crippen LogP contribution is -2.19. The molecule has 0 bridgehead atoms. The summed E-state index contributed by atoms with van der Waals surface area (Å²) in [7, 11) is -3.70. The van der Waals surface area contributed by atoms with E-state index in [-0.39, 0.29) is 21.6 Å². The van der Waals surface area contributed by atoms with Gasteiger partial charge >= 0.3 is 0 Å². The number of nitrogens with zero attached hydrogens (tertiary/aromatic N) is 1. The molecule has 0 radical (unpaired) electrons. The number of nitrogens with one attached hydrogen (secondary N) is 1. The lowest BCUT2D eigenvalue weighted by Gasteiger charge is -2.22. The van der Waals surface area contributed by atoms with Crippen LogP contribution in [0.15, 0.2) is 94.9 Å². The molecule has 1 fully saturated rings. The minimum atomic E-state index is -3.70. The molecule has 3 aromatic carbocycles. The van der Waals surface area contributed by atoms with E-state index in [1.807, 2.05) is 43.3 Å². The van der Waals surface area contributed by atoms with Crippen LogP contribution in [-0.2, 0) is 15.4 Å². The summed E-state index contributed by atoms with van der Waals surface area (Å²) >= 11 is 0. The summed E-state index contributed by atoms with van der Waals surface area (Å²) in [6.45, 7) is 6.33. The van der Waals surface area contributed by atoms with Crippen molar-refractivity contribution < 1.29 is 8.42 Å². The number of hydrogen-bond acceptors (Lipinski definition) is 3. The quantitative estimate of drug-likeness (QED) is 0.457. The van der Waals surface area contributed by atoms with Crippen molar-refractivity contribution in [2.24, 2.45) is 16.4 Å². The Labute approximate surface area is 178 Å². The molecule has 30 heavy (non-hydrogen) atoms. The van der Waals surface area contributed by atoms with E-state index < -0.39 is 10.0 Å². The molecule has 0 spiro atoms. The zero-order chi connectivity index (χ0) is 21.4. The van der Waals surface area contributed by atoms with Crippen molar-refractivity contribution in [3.8, 4) is 0 Å². The van der Waals surface area contributed by atoms with E-state index in [2.05, 4.69) is 48.0 Å². The molecule has 4 rings (SSSR count). The molecule has 0 heterocycles. The molecule has 3 aromatic rings. The van der Waals surface area contributed by atoms with Crippen LogP contribution in [0.3, 0.4) is 0 Å². The molecule has 1 aliphatic rings. The van der Waals surface area contributed by atoms with Gasteiger partial charge in [-0.15, -0.1) is 0 Å². The van der Waals surface area contributed by atoms with Gasteiger partial charge in [0.2, 0.25) is 0 Å². The van der Waals surface area contributed by atoms with Gasteiger partial charge in [0.25, 0.3) is 10.0 Å². The minimum Gasteiger partial charge on any atom is -0.200 e. The Morgan fingerprint density at radius 3 is 1.83 bits per heavy atom. The summed E-state index contributed by atoms with van der Waals surface area (Å²) in [6, 6.07) is 27.5. The topological polar surface area (TPSA) is 58.5 Å². The zero-order valence-corrected chi connectivity index (χ0v) is 18.2. The van der Waals surface area contributed by atoms with Crippen molar-refractivity contribution in [3.05, 3.63) is 102 Å². The van der Waals surface area contributed by atoms with Gasteiger partial charge in [0.05, 0.1) is 4.90 Å². The number of aryl methyl sites for hydroxylation is 1. The van der Waals surface area contributed by atoms with Crippen LogP contribution in [0.2, 0.25) is 0 Å². The Kier molecular flexibility index (Phi) is 5.02. The van der Waals surface area contributed by atoms with E-state index in [4.69, 9.17) is 0 Å². The molecule has 0 aliphatic heterocycles. The summed E-state index contributed by atoms with van der Waals surface area (Å²) in [5.41, 5.74) is 3.05. The van der Waals surface area contributed by atoms with Gasteiger partial charge < -0.3 is 0 Å². The first-order chi connectivity index (χ1) is 14.3. The van der Waals surface area contributed by atoms with Crippen LogP contribution in [0.5, 0.6) is 0 Å². The molecule has 1 saturated carbocycles. The Bertz CT molecular complexity index is 1110. The maximum Gasteiger partial charge on any atom is 0.276 e. The van der Waals surface area contributed by atoms with E-state index in [0.717, 1.165) is 5.56 Å². The molecule has 1 atom stereocenters.